The predicted molar refractivity (Wildman–Crippen MR) is 169 cm³/mol. The highest BCUT2D eigenvalue weighted by atomic mass is 16.6. The van der Waals surface area contributed by atoms with Crippen LogP contribution < -0.4 is 0 Å². The van der Waals surface area contributed by atoms with Crippen LogP contribution in [0.25, 0.3) is 0 Å². The zero-order valence-corrected chi connectivity index (χ0v) is 25.6. The van der Waals surface area contributed by atoms with Gasteiger partial charge in [-0.05, 0) is 44.9 Å². The number of esters is 2. The van der Waals surface area contributed by atoms with Crippen LogP contribution in [-0.4, -0.2) is 47.6 Å². The molecule has 0 aromatic carbocycles. The van der Waals surface area contributed by atoms with E-state index in [1.807, 2.05) is 36.5 Å². The number of allylic oxidation sites excluding steroid dienone is 10. The highest BCUT2D eigenvalue weighted by Crippen LogP contribution is 2.09. The summed E-state index contributed by atoms with van der Waals surface area (Å²) in [5.41, 5.74) is 0. The van der Waals surface area contributed by atoms with Crippen molar-refractivity contribution < 1.29 is 29.3 Å². The van der Waals surface area contributed by atoms with Crippen molar-refractivity contribution in [2.75, 3.05) is 13.2 Å². The van der Waals surface area contributed by atoms with Gasteiger partial charge in [-0.25, -0.2) is 0 Å². The summed E-state index contributed by atoms with van der Waals surface area (Å²) in [6.45, 7) is 3.97. The number of carbonyl (C=O) groups is 2. The molecular formula is C35H56O6. The third-order valence-corrected chi connectivity index (χ3v) is 6.05. The van der Waals surface area contributed by atoms with Crippen LogP contribution in [0.2, 0.25) is 0 Å². The van der Waals surface area contributed by atoms with E-state index < -0.39 is 12.2 Å². The molecular weight excluding hydrogens is 516 g/mol. The fraction of sp³-hybridized carbons (Fsp3) is 0.600. The van der Waals surface area contributed by atoms with Gasteiger partial charge in [0.25, 0.3) is 0 Å². The first-order valence-corrected chi connectivity index (χ1v) is 15.6. The Morgan fingerprint density at radius 1 is 0.634 bits per heavy atom. The van der Waals surface area contributed by atoms with Gasteiger partial charge in [-0.2, -0.15) is 0 Å². The monoisotopic (exact) mass is 572 g/mol. The Morgan fingerprint density at radius 2 is 1.20 bits per heavy atom. The van der Waals surface area contributed by atoms with Crippen molar-refractivity contribution in [3.05, 3.63) is 72.9 Å². The van der Waals surface area contributed by atoms with Gasteiger partial charge in [0.1, 0.15) is 19.3 Å². The lowest BCUT2D eigenvalue weighted by atomic mass is 10.1. The van der Waals surface area contributed by atoms with Gasteiger partial charge in [0.2, 0.25) is 0 Å². The number of rotatable bonds is 26. The zero-order chi connectivity index (χ0) is 30.2. The Hall–Kier alpha value is -2.70. The van der Waals surface area contributed by atoms with Gasteiger partial charge in [0.05, 0.1) is 6.10 Å². The minimum absolute atomic E-state index is 0.155. The number of aliphatic hydroxyl groups excluding tert-OH is 2. The van der Waals surface area contributed by atoms with Crippen molar-refractivity contribution >= 4 is 11.9 Å². The fourth-order valence-electron chi connectivity index (χ4n) is 3.66. The maximum atomic E-state index is 11.8. The fourth-order valence-corrected chi connectivity index (χ4v) is 3.66. The Morgan fingerprint density at radius 3 is 1.88 bits per heavy atom. The molecule has 0 aliphatic heterocycles. The van der Waals surface area contributed by atoms with E-state index in [0.717, 1.165) is 44.9 Å². The van der Waals surface area contributed by atoms with Crippen LogP contribution in [0, 0.1) is 0 Å². The topological polar surface area (TPSA) is 93.1 Å². The van der Waals surface area contributed by atoms with Crippen LogP contribution in [0.3, 0.4) is 0 Å². The molecule has 0 aliphatic rings. The number of unbranched alkanes of at least 4 members (excludes halogenated alkanes) is 6. The summed E-state index contributed by atoms with van der Waals surface area (Å²) in [7, 11) is 0. The summed E-state index contributed by atoms with van der Waals surface area (Å²) >= 11 is 0. The van der Waals surface area contributed by atoms with Gasteiger partial charge < -0.3 is 19.7 Å². The Bertz CT molecular complexity index is 805. The molecule has 0 fully saturated rings. The van der Waals surface area contributed by atoms with E-state index >= 15 is 0 Å². The third-order valence-electron chi connectivity index (χ3n) is 6.05. The quantitative estimate of drug-likeness (QED) is 0.0472. The molecule has 6 heteroatoms. The molecule has 1 unspecified atom stereocenters. The maximum Gasteiger partial charge on any atom is 0.306 e. The normalized spacial score (nSPS) is 14.0. The number of aliphatic hydroxyl groups is 2. The second kappa shape index (κ2) is 30.3. The first-order valence-electron chi connectivity index (χ1n) is 15.6. The number of hydrogen-bond donors (Lipinski definition) is 2. The SMILES string of the molecule is CC/C=C\C/C=C\CC(O)/C=C/C=C\C/C=C\C/C=C\CCC(=O)OC[C@H](O)COC(=O)CCCCCCCCC. The van der Waals surface area contributed by atoms with Crippen LogP contribution in [0.1, 0.15) is 110 Å². The van der Waals surface area contributed by atoms with Crippen LogP contribution in [0.4, 0.5) is 0 Å². The van der Waals surface area contributed by atoms with Crippen molar-refractivity contribution in [3.63, 3.8) is 0 Å². The lowest BCUT2D eigenvalue weighted by molar-refractivity contribution is -0.152. The minimum Gasteiger partial charge on any atom is -0.463 e. The first-order chi connectivity index (χ1) is 20.0. The molecule has 2 atom stereocenters. The molecule has 0 saturated heterocycles. The molecule has 232 valence electrons. The molecule has 2 N–H and O–H groups in total. The molecule has 6 nitrogen and oxygen atoms in total. The van der Waals surface area contributed by atoms with Crippen LogP contribution >= 0.6 is 0 Å². The van der Waals surface area contributed by atoms with E-state index in [9.17, 15) is 19.8 Å². The van der Waals surface area contributed by atoms with E-state index in [2.05, 4.69) is 44.2 Å². The van der Waals surface area contributed by atoms with Gasteiger partial charge in [-0.1, -0.05) is 125 Å². The van der Waals surface area contributed by atoms with E-state index in [1.165, 1.54) is 25.7 Å². The molecule has 0 amide bonds. The van der Waals surface area contributed by atoms with Crippen molar-refractivity contribution in [3.8, 4) is 0 Å². The molecule has 41 heavy (non-hydrogen) atoms. The van der Waals surface area contributed by atoms with E-state index in [4.69, 9.17) is 9.47 Å². The number of hydrogen-bond acceptors (Lipinski definition) is 6. The largest absolute Gasteiger partial charge is 0.463 e. The Balaban J connectivity index is 3.75. The number of carbonyl (C=O) groups excluding carboxylic acids is 2. The Labute approximate surface area is 249 Å². The second-order valence-electron chi connectivity index (χ2n) is 10.0. The van der Waals surface area contributed by atoms with Crippen LogP contribution in [0.5, 0.6) is 0 Å². The van der Waals surface area contributed by atoms with Crippen LogP contribution in [-0.2, 0) is 19.1 Å². The summed E-state index contributed by atoms with van der Waals surface area (Å²) in [6.07, 6.45) is 35.7. The lowest BCUT2D eigenvalue weighted by Gasteiger charge is -2.12. The second-order valence-corrected chi connectivity index (χ2v) is 10.0. The van der Waals surface area contributed by atoms with Crippen molar-refractivity contribution in [2.45, 2.75) is 122 Å². The molecule has 0 spiro atoms. The van der Waals surface area contributed by atoms with E-state index in [1.54, 1.807) is 6.08 Å². The van der Waals surface area contributed by atoms with E-state index in [-0.39, 0.29) is 31.6 Å². The Kier molecular flexibility index (Phi) is 28.3. The summed E-state index contributed by atoms with van der Waals surface area (Å²) < 4.78 is 10.1. The van der Waals surface area contributed by atoms with Crippen molar-refractivity contribution in [2.24, 2.45) is 0 Å². The van der Waals surface area contributed by atoms with Crippen molar-refractivity contribution in [1.82, 2.24) is 0 Å². The lowest BCUT2D eigenvalue weighted by Crippen LogP contribution is -2.25. The minimum atomic E-state index is -1.01. The average molecular weight is 573 g/mol. The molecule has 0 bridgehead atoms. The molecule has 0 saturated carbocycles. The van der Waals surface area contributed by atoms with E-state index in [0.29, 0.717) is 19.3 Å². The average Bonchev–Trinajstić information content (AvgIpc) is 2.96. The summed E-state index contributed by atoms with van der Waals surface area (Å²) in [4.78, 5) is 23.6. The van der Waals surface area contributed by atoms with Gasteiger partial charge in [0.15, 0.2) is 0 Å². The maximum absolute atomic E-state index is 11.8. The van der Waals surface area contributed by atoms with Gasteiger partial charge >= 0.3 is 11.9 Å². The van der Waals surface area contributed by atoms with Gasteiger partial charge in [-0.15, -0.1) is 0 Å². The molecule has 0 aromatic heterocycles. The highest BCUT2D eigenvalue weighted by molar-refractivity contribution is 5.70. The standard InChI is InChI=1S/C35H56O6/c1-3-5-7-9-15-20-24-28-34(38)40-30-33(37)31-41-35(39)29-25-21-17-14-12-11-13-16-19-23-27-32(36)26-22-18-10-8-6-4-2/h6,8,11-12,16-19,21-23,27,32-33,36-37H,3-5,7,9-10,13-15,20,24-26,28-31H2,1-2H3/b8-6-,12-11-,19-16-,21-17-,22-18-,27-23+/t32?,33-/m1/s1. The first kappa shape index (κ1) is 38.3. The highest BCUT2D eigenvalue weighted by Gasteiger charge is 2.11. The molecule has 0 heterocycles. The molecule has 0 rings (SSSR count). The third kappa shape index (κ3) is 30.1. The summed E-state index contributed by atoms with van der Waals surface area (Å²) in [5, 5.41) is 19.8. The van der Waals surface area contributed by atoms with Gasteiger partial charge in [0, 0.05) is 12.8 Å². The summed E-state index contributed by atoms with van der Waals surface area (Å²) in [6, 6.07) is 0. The molecule has 0 aromatic rings. The zero-order valence-electron chi connectivity index (χ0n) is 25.6. The number of ether oxygens (including phenoxy) is 2. The van der Waals surface area contributed by atoms with Crippen LogP contribution in [0.15, 0.2) is 72.9 Å². The molecule has 0 aliphatic carbocycles. The summed E-state index contributed by atoms with van der Waals surface area (Å²) in [5.74, 6) is -0.705. The van der Waals surface area contributed by atoms with Gasteiger partial charge in [-0.3, -0.25) is 9.59 Å². The predicted octanol–water partition coefficient (Wildman–Crippen LogP) is 8.02. The molecule has 0 radical (unpaired) electrons. The smallest absolute Gasteiger partial charge is 0.306 e. The van der Waals surface area contributed by atoms with Crippen molar-refractivity contribution in [1.29, 1.82) is 0 Å².